The summed E-state index contributed by atoms with van der Waals surface area (Å²) in [5, 5.41) is 11.2. The number of nitrogens with zero attached hydrogens (tertiary/aromatic N) is 5. The smallest absolute Gasteiger partial charge is 0.466 e. The van der Waals surface area contributed by atoms with Crippen LogP contribution in [-0.4, -0.2) is 68.3 Å². The van der Waals surface area contributed by atoms with E-state index in [0.717, 1.165) is 23.9 Å². The number of alkyl halides is 3. The van der Waals surface area contributed by atoms with Crippen LogP contribution in [0.2, 0.25) is 0 Å². The van der Waals surface area contributed by atoms with Crippen LogP contribution in [0.25, 0.3) is 5.69 Å². The lowest BCUT2D eigenvalue weighted by molar-refractivity contribution is -0.274. The van der Waals surface area contributed by atoms with Crippen LogP contribution in [0.1, 0.15) is 26.7 Å². The van der Waals surface area contributed by atoms with Gasteiger partial charge >= 0.3 is 12.3 Å². The molecule has 174 valence electrons. The van der Waals surface area contributed by atoms with Gasteiger partial charge < -0.3 is 14.4 Å². The van der Waals surface area contributed by atoms with Crippen LogP contribution in [0.4, 0.5) is 13.2 Å². The fourth-order valence-electron chi connectivity index (χ4n) is 3.26. The largest absolute Gasteiger partial charge is 0.573 e. The molecule has 0 aliphatic carbocycles. The van der Waals surface area contributed by atoms with Crippen LogP contribution in [0.5, 0.6) is 5.75 Å². The molecule has 0 spiro atoms. The summed E-state index contributed by atoms with van der Waals surface area (Å²) in [6.45, 7) is 4.73. The molecule has 9 nitrogen and oxygen atoms in total. The molecule has 0 N–H and O–H groups in total. The van der Waals surface area contributed by atoms with Gasteiger partial charge in [-0.1, -0.05) is 11.8 Å². The van der Waals surface area contributed by atoms with Gasteiger partial charge in [0, 0.05) is 13.1 Å². The fraction of sp³-hybridized carbons (Fsp3) is 0.526. The van der Waals surface area contributed by atoms with Crippen molar-refractivity contribution in [3.8, 4) is 11.4 Å². The first-order valence-electron chi connectivity index (χ1n) is 9.94. The number of carbonyl (C=O) groups excluding carboxylic acids is 2. The van der Waals surface area contributed by atoms with Gasteiger partial charge in [0.15, 0.2) is 0 Å². The van der Waals surface area contributed by atoms with Crippen LogP contribution in [0, 0.1) is 5.92 Å². The van der Waals surface area contributed by atoms with Crippen molar-refractivity contribution >= 4 is 23.6 Å². The van der Waals surface area contributed by atoms with Crippen LogP contribution >= 0.6 is 11.8 Å². The number of esters is 1. The maximum absolute atomic E-state index is 12.8. The number of benzene rings is 1. The number of piperidine rings is 1. The summed E-state index contributed by atoms with van der Waals surface area (Å²) in [6, 6.07) is 5.07. The Labute approximate surface area is 186 Å². The van der Waals surface area contributed by atoms with Crippen LogP contribution in [0.15, 0.2) is 29.4 Å². The maximum Gasteiger partial charge on any atom is 0.573 e. The molecular formula is C19H22F3N5O4S. The molecule has 1 fully saturated rings. The monoisotopic (exact) mass is 473 g/mol. The summed E-state index contributed by atoms with van der Waals surface area (Å²) < 4.78 is 47.2. The molecule has 2 aromatic rings. The summed E-state index contributed by atoms with van der Waals surface area (Å²) in [6.07, 6.45) is -3.68. The van der Waals surface area contributed by atoms with Crippen LogP contribution in [0.3, 0.4) is 0 Å². The Morgan fingerprint density at radius 3 is 2.47 bits per heavy atom. The molecule has 1 saturated heterocycles. The molecule has 32 heavy (non-hydrogen) atoms. The Morgan fingerprint density at radius 2 is 1.88 bits per heavy atom. The molecule has 2 heterocycles. The molecule has 1 unspecified atom stereocenters. The first-order chi connectivity index (χ1) is 15.2. The van der Waals surface area contributed by atoms with Crippen molar-refractivity contribution in [2.24, 2.45) is 5.92 Å². The number of tetrazole rings is 1. The number of aromatic nitrogens is 4. The molecule has 1 aliphatic rings. The van der Waals surface area contributed by atoms with Gasteiger partial charge in [-0.25, -0.2) is 0 Å². The van der Waals surface area contributed by atoms with Gasteiger partial charge in [-0.3, -0.25) is 9.59 Å². The maximum atomic E-state index is 12.8. The lowest BCUT2D eigenvalue weighted by Crippen LogP contribution is -2.43. The summed E-state index contributed by atoms with van der Waals surface area (Å²) >= 11 is 1.14. The van der Waals surface area contributed by atoms with Crippen molar-refractivity contribution < 1.29 is 32.2 Å². The van der Waals surface area contributed by atoms with E-state index in [1.165, 1.54) is 16.8 Å². The van der Waals surface area contributed by atoms with Gasteiger partial charge in [0.2, 0.25) is 11.1 Å². The average Bonchev–Trinajstić information content (AvgIpc) is 3.21. The van der Waals surface area contributed by atoms with E-state index in [-0.39, 0.29) is 23.5 Å². The van der Waals surface area contributed by atoms with Gasteiger partial charge in [0.1, 0.15) is 5.75 Å². The second-order valence-corrected chi connectivity index (χ2v) is 8.33. The standard InChI is InChI=1S/C19H22F3N5O4S/c1-3-30-17(29)13-8-10-26(11-9-13)16(28)12(2)32-18-23-24-25-27(18)14-4-6-15(7-5-14)31-19(20,21)22/h4-7,12-13H,3,8-11H2,1-2H3. The van der Waals surface area contributed by atoms with Crippen molar-refractivity contribution in [3.63, 3.8) is 0 Å². The topological polar surface area (TPSA) is 99.4 Å². The second-order valence-electron chi connectivity index (χ2n) is 7.03. The minimum atomic E-state index is -4.78. The predicted octanol–water partition coefficient (Wildman–Crippen LogP) is 2.84. The van der Waals surface area contributed by atoms with E-state index >= 15 is 0 Å². The van der Waals surface area contributed by atoms with E-state index in [4.69, 9.17) is 4.74 Å². The highest BCUT2D eigenvalue weighted by molar-refractivity contribution is 8.00. The molecule has 1 aromatic carbocycles. The zero-order valence-electron chi connectivity index (χ0n) is 17.4. The molecule has 1 amide bonds. The number of carbonyl (C=O) groups is 2. The number of halogens is 3. The van der Waals surface area contributed by atoms with E-state index in [9.17, 15) is 22.8 Å². The third-order valence-electron chi connectivity index (χ3n) is 4.81. The number of hydrogen-bond acceptors (Lipinski definition) is 8. The number of rotatable bonds is 7. The highest BCUT2D eigenvalue weighted by Crippen LogP contribution is 2.28. The molecule has 0 radical (unpaired) electrons. The van der Waals surface area contributed by atoms with E-state index < -0.39 is 11.6 Å². The average molecular weight is 473 g/mol. The molecule has 1 aliphatic heterocycles. The van der Waals surface area contributed by atoms with E-state index in [1.807, 2.05) is 0 Å². The number of likely N-dealkylation sites (tertiary alicyclic amines) is 1. The Balaban J connectivity index is 1.60. The third-order valence-corrected chi connectivity index (χ3v) is 5.83. The van der Waals surface area contributed by atoms with Gasteiger partial charge in [-0.05, 0) is 61.4 Å². The van der Waals surface area contributed by atoms with E-state index in [1.54, 1.807) is 18.7 Å². The number of ether oxygens (including phenoxy) is 2. The SMILES string of the molecule is CCOC(=O)C1CCN(C(=O)C(C)Sc2nnnn2-c2ccc(OC(F)(F)F)cc2)CC1. The van der Waals surface area contributed by atoms with E-state index in [2.05, 4.69) is 20.3 Å². The molecule has 0 bridgehead atoms. The molecule has 0 saturated carbocycles. The molecule has 3 rings (SSSR count). The van der Waals surface area contributed by atoms with Crippen molar-refractivity contribution in [1.29, 1.82) is 0 Å². The first-order valence-corrected chi connectivity index (χ1v) is 10.8. The predicted molar refractivity (Wildman–Crippen MR) is 107 cm³/mol. The zero-order chi connectivity index (χ0) is 23.3. The quantitative estimate of drug-likeness (QED) is 0.447. The Morgan fingerprint density at radius 1 is 1.22 bits per heavy atom. The minimum absolute atomic E-state index is 0.110. The van der Waals surface area contributed by atoms with E-state index in [0.29, 0.717) is 43.4 Å². The highest BCUT2D eigenvalue weighted by Gasteiger charge is 2.32. The summed E-state index contributed by atoms with van der Waals surface area (Å²) in [4.78, 5) is 26.4. The van der Waals surface area contributed by atoms with Crippen molar-refractivity contribution in [1.82, 2.24) is 25.1 Å². The summed E-state index contributed by atoms with van der Waals surface area (Å²) in [5.74, 6) is -0.898. The van der Waals surface area contributed by atoms with Crippen molar-refractivity contribution in [3.05, 3.63) is 24.3 Å². The zero-order valence-corrected chi connectivity index (χ0v) is 18.2. The highest BCUT2D eigenvalue weighted by atomic mass is 32.2. The second kappa shape index (κ2) is 10.2. The van der Waals surface area contributed by atoms with Crippen LogP contribution in [-0.2, 0) is 14.3 Å². The lowest BCUT2D eigenvalue weighted by Gasteiger charge is -2.32. The van der Waals surface area contributed by atoms with Gasteiger partial charge in [-0.15, -0.1) is 18.3 Å². The third kappa shape index (κ3) is 6.11. The number of thioether (sulfide) groups is 1. The summed E-state index contributed by atoms with van der Waals surface area (Å²) in [7, 11) is 0. The fourth-order valence-corrected chi connectivity index (χ4v) is 4.16. The lowest BCUT2D eigenvalue weighted by atomic mass is 9.97. The Hall–Kier alpha value is -2.83. The van der Waals surface area contributed by atoms with Crippen molar-refractivity contribution in [2.45, 2.75) is 43.5 Å². The minimum Gasteiger partial charge on any atom is -0.466 e. The molecule has 13 heteroatoms. The number of amides is 1. The van der Waals surface area contributed by atoms with Crippen molar-refractivity contribution in [2.75, 3.05) is 19.7 Å². The first kappa shape index (κ1) is 23.8. The summed E-state index contributed by atoms with van der Waals surface area (Å²) in [5.41, 5.74) is 0.418. The molecule has 1 aromatic heterocycles. The number of hydrogen-bond donors (Lipinski definition) is 0. The van der Waals surface area contributed by atoms with Gasteiger partial charge in [-0.2, -0.15) is 4.68 Å². The Bertz CT molecular complexity index is 930. The molecule has 1 atom stereocenters. The van der Waals surface area contributed by atoms with Gasteiger partial charge in [0.05, 0.1) is 23.5 Å². The van der Waals surface area contributed by atoms with Gasteiger partial charge in [0.25, 0.3) is 0 Å². The molecular weight excluding hydrogens is 451 g/mol. The van der Waals surface area contributed by atoms with Crippen LogP contribution < -0.4 is 4.74 Å². The normalized spacial score (nSPS) is 16.0. The Kier molecular flexibility index (Phi) is 7.59.